The Morgan fingerprint density at radius 2 is 2.30 bits per heavy atom. The van der Waals surface area contributed by atoms with Gasteiger partial charge in [-0.3, -0.25) is 4.79 Å². The minimum Gasteiger partial charge on any atom is -0.341 e. The average Bonchev–Trinajstić information content (AvgIpc) is 3.07. The van der Waals surface area contributed by atoms with Crippen molar-refractivity contribution in [3.63, 3.8) is 0 Å². The summed E-state index contributed by atoms with van der Waals surface area (Å²) in [6, 6.07) is 5.76. The van der Waals surface area contributed by atoms with Gasteiger partial charge in [-0.25, -0.2) is 4.39 Å². The van der Waals surface area contributed by atoms with E-state index in [0.717, 1.165) is 4.70 Å². The van der Waals surface area contributed by atoms with Gasteiger partial charge in [0.15, 0.2) is 5.82 Å². The lowest BCUT2D eigenvalue weighted by molar-refractivity contribution is 0.0942. The number of fused-ring (bicyclic) bond motifs is 1. The second-order valence-electron chi connectivity index (χ2n) is 4.26. The number of carbonyl (C=O) groups is 1. The molecule has 0 spiro atoms. The van der Waals surface area contributed by atoms with Gasteiger partial charge in [0.05, 0.1) is 10.9 Å². The van der Waals surface area contributed by atoms with Crippen LogP contribution < -0.4 is 5.32 Å². The number of benzene rings is 1. The van der Waals surface area contributed by atoms with Gasteiger partial charge in [0.1, 0.15) is 5.82 Å². The van der Waals surface area contributed by atoms with Crippen molar-refractivity contribution in [3.8, 4) is 0 Å². The summed E-state index contributed by atoms with van der Waals surface area (Å²) in [5.41, 5.74) is 0. The highest BCUT2D eigenvalue weighted by molar-refractivity contribution is 7.20. The van der Waals surface area contributed by atoms with Crippen molar-refractivity contribution in [1.29, 1.82) is 0 Å². The SMILES string of the molecule is CC(NC(=O)c1cc2cc(F)ccc2s1)c1nn[nH]n1. The number of nitrogens with one attached hydrogen (secondary N) is 2. The van der Waals surface area contributed by atoms with E-state index in [1.807, 2.05) is 0 Å². The van der Waals surface area contributed by atoms with Gasteiger partial charge in [-0.2, -0.15) is 5.21 Å². The quantitative estimate of drug-likeness (QED) is 0.773. The third kappa shape index (κ3) is 2.37. The Kier molecular flexibility index (Phi) is 3.15. The van der Waals surface area contributed by atoms with Crippen molar-refractivity contribution >= 4 is 27.3 Å². The Labute approximate surface area is 117 Å². The number of carbonyl (C=O) groups excluding carboxylic acids is 1. The molecule has 1 unspecified atom stereocenters. The van der Waals surface area contributed by atoms with E-state index in [1.54, 1.807) is 19.1 Å². The Balaban J connectivity index is 1.82. The number of tetrazole rings is 1. The fraction of sp³-hybridized carbons (Fsp3) is 0.167. The Morgan fingerprint density at radius 3 is 3.05 bits per heavy atom. The first kappa shape index (κ1) is 12.7. The van der Waals surface area contributed by atoms with Crippen LogP contribution in [0.2, 0.25) is 0 Å². The molecule has 3 aromatic rings. The Morgan fingerprint density at radius 1 is 1.45 bits per heavy atom. The molecule has 0 aliphatic rings. The molecule has 0 bridgehead atoms. The maximum absolute atomic E-state index is 13.1. The zero-order valence-electron chi connectivity index (χ0n) is 10.4. The van der Waals surface area contributed by atoms with Crippen LogP contribution in [-0.2, 0) is 0 Å². The van der Waals surface area contributed by atoms with Crippen molar-refractivity contribution in [1.82, 2.24) is 25.9 Å². The molecule has 1 atom stereocenters. The van der Waals surface area contributed by atoms with E-state index in [1.165, 1.54) is 23.5 Å². The summed E-state index contributed by atoms with van der Waals surface area (Å²) in [7, 11) is 0. The maximum Gasteiger partial charge on any atom is 0.261 e. The van der Waals surface area contributed by atoms with Crippen LogP contribution in [0.3, 0.4) is 0 Å². The first-order valence-corrected chi connectivity index (χ1v) is 6.68. The summed E-state index contributed by atoms with van der Waals surface area (Å²) in [6.07, 6.45) is 0. The van der Waals surface area contributed by atoms with Crippen LogP contribution in [0.1, 0.15) is 28.5 Å². The second-order valence-corrected chi connectivity index (χ2v) is 5.34. The monoisotopic (exact) mass is 291 g/mol. The molecule has 8 heteroatoms. The van der Waals surface area contributed by atoms with E-state index >= 15 is 0 Å². The summed E-state index contributed by atoms with van der Waals surface area (Å²) < 4.78 is 14.0. The zero-order chi connectivity index (χ0) is 14.1. The lowest BCUT2D eigenvalue weighted by Gasteiger charge is -2.08. The number of aromatic amines is 1. The summed E-state index contributed by atoms with van der Waals surface area (Å²) >= 11 is 1.31. The largest absolute Gasteiger partial charge is 0.341 e. The highest BCUT2D eigenvalue weighted by atomic mass is 32.1. The Hall–Kier alpha value is -2.35. The summed E-state index contributed by atoms with van der Waals surface area (Å²) in [5, 5.41) is 16.9. The van der Waals surface area contributed by atoms with Crippen LogP contribution in [0.25, 0.3) is 10.1 Å². The smallest absolute Gasteiger partial charge is 0.261 e. The van der Waals surface area contributed by atoms with Gasteiger partial charge < -0.3 is 5.32 Å². The van der Waals surface area contributed by atoms with Gasteiger partial charge in [-0.05, 0) is 36.6 Å². The number of thiophene rings is 1. The fourth-order valence-electron chi connectivity index (χ4n) is 1.81. The molecule has 0 saturated heterocycles. The van der Waals surface area contributed by atoms with Crippen LogP contribution in [0.5, 0.6) is 0 Å². The van der Waals surface area contributed by atoms with E-state index in [2.05, 4.69) is 25.9 Å². The van der Waals surface area contributed by atoms with Gasteiger partial charge in [0.25, 0.3) is 5.91 Å². The number of aromatic nitrogens is 4. The lowest BCUT2D eigenvalue weighted by atomic mass is 10.2. The van der Waals surface area contributed by atoms with E-state index in [-0.39, 0.29) is 17.8 Å². The number of amides is 1. The third-order valence-corrected chi connectivity index (χ3v) is 3.91. The first-order valence-electron chi connectivity index (χ1n) is 5.87. The normalized spacial score (nSPS) is 12.5. The Bertz CT molecular complexity index is 754. The maximum atomic E-state index is 13.1. The number of nitrogens with zero attached hydrogens (tertiary/aromatic N) is 3. The van der Waals surface area contributed by atoms with Crippen molar-refractivity contribution in [2.45, 2.75) is 13.0 Å². The second kappa shape index (κ2) is 4.97. The first-order chi connectivity index (χ1) is 9.63. The molecule has 102 valence electrons. The van der Waals surface area contributed by atoms with Crippen LogP contribution in [0.4, 0.5) is 4.39 Å². The molecule has 20 heavy (non-hydrogen) atoms. The van der Waals surface area contributed by atoms with Gasteiger partial charge in [0.2, 0.25) is 0 Å². The van der Waals surface area contributed by atoms with Crippen molar-refractivity contribution < 1.29 is 9.18 Å². The van der Waals surface area contributed by atoms with E-state index in [4.69, 9.17) is 0 Å². The van der Waals surface area contributed by atoms with Crippen LogP contribution >= 0.6 is 11.3 Å². The van der Waals surface area contributed by atoms with E-state index in [9.17, 15) is 9.18 Å². The van der Waals surface area contributed by atoms with Crippen molar-refractivity contribution in [3.05, 3.63) is 40.8 Å². The third-order valence-electron chi connectivity index (χ3n) is 2.80. The topological polar surface area (TPSA) is 83.6 Å². The lowest BCUT2D eigenvalue weighted by Crippen LogP contribution is -2.26. The molecule has 0 aliphatic carbocycles. The number of H-pyrrole nitrogens is 1. The molecule has 1 amide bonds. The van der Waals surface area contributed by atoms with Gasteiger partial charge >= 0.3 is 0 Å². The molecule has 0 aliphatic heterocycles. The van der Waals surface area contributed by atoms with Crippen LogP contribution in [0, 0.1) is 5.82 Å². The summed E-state index contributed by atoms with van der Waals surface area (Å²) in [6.45, 7) is 1.76. The molecule has 0 saturated carbocycles. The number of hydrogen-bond acceptors (Lipinski definition) is 5. The molecule has 2 aromatic heterocycles. The summed E-state index contributed by atoms with van der Waals surface area (Å²) in [4.78, 5) is 12.6. The van der Waals surface area contributed by atoms with Gasteiger partial charge in [0, 0.05) is 4.70 Å². The molecule has 0 radical (unpaired) electrons. The highest BCUT2D eigenvalue weighted by Crippen LogP contribution is 2.26. The van der Waals surface area contributed by atoms with Crippen LogP contribution in [0.15, 0.2) is 24.3 Å². The minimum absolute atomic E-state index is 0.246. The number of rotatable bonds is 3. The molecular weight excluding hydrogens is 281 g/mol. The van der Waals surface area contributed by atoms with Gasteiger partial charge in [-0.15, -0.1) is 21.5 Å². The van der Waals surface area contributed by atoms with Crippen LogP contribution in [-0.4, -0.2) is 26.5 Å². The highest BCUT2D eigenvalue weighted by Gasteiger charge is 2.16. The average molecular weight is 291 g/mol. The molecule has 2 N–H and O–H groups in total. The standard InChI is InChI=1S/C12H10FN5OS/c1-6(11-15-17-18-16-11)14-12(19)10-5-7-4-8(13)2-3-9(7)20-10/h2-6H,1H3,(H,14,19)(H,15,16,17,18). The summed E-state index contributed by atoms with van der Waals surface area (Å²) in [5.74, 6) is -0.156. The molecular formula is C12H10FN5OS. The van der Waals surface area contributed by atoms with Crippen molar-refractivity contribution in [2.24, 2.45) is 0 Å². The molecule has 3 rings (SSSR count). The van der Waals surface area contributed by atoms with Gasteiger partial charge in [-0.1, -0.05) is 5.21 Å². The predicted octanol–water partition coefficient (Wildman–Crippen LogP) is 2.04. The van der Waals surface area contributed by atoms with E-state index in [0.29, 0.717) is 16.1 Å². The molecule has 6 nitrogen and oxygen atoms in total. The molecule has 0 fully saturated rings. The number of hydrogen-bond donors (Lipinski definition) is 2. The zero-order valence-corrected chi connectivity index (χ0v) is 11.2. The number of halogens is 1. The minimum atomic E-state index is -0.358. The van der Waals surface area contributed by atoms with Crippen molar-refractivity contribution in [2.75, 3.05) is 0 Å². The predicted molar refractivity (Wildman–Crippen MR) is 71.8 cm³/mol. The molecule has 2 heterocycles. The molecule has 1 aromatic carbocycles. The van der Waals surface area contributed by atoms with E-state index < -0.39 is 0 Å². The fourth-order valence-corrected chi connectivity index (χ4v) is 2.76.